The van der Waals surface area contributed by atoms with Crippen molar-refractivity contribution >= 4 is 29.9 Å². The Balaban J connectivity index is 0. The molecule has 0 rings (SSSR count). The van der Waals surface area contributed by atoms with Crippen molar-refractivity contribution in [2.24, 2.45) is 16.6 Å². The fraction of sp³-hybridized carbons (Fsp3) is 0.929. The maximum atomic E-state index is 5.82. The summed E-state index contributed by atoms with van der Waals surface area (Å²) in [7, 11) is 0. The molecule has 0 aromatic carbocycles. The van der Waals surface area contributed by atoms with E-state index in [9.17, 15) is 0 Å². The monoisotopic (exact) mass is 384 g/mol. The third kappa shape index (κ3) is 11.5. The van der Waals surface area contributed by atoms with Crippen LogP contribution in [0.4, 0.5) is 0 Å². The molecule has 0 saturated carbocycles. The predicted octanol–water partition coefficient (Wildman–Crippen LogP) is 2.67. The summed E-state index contributed by atoms with van der Waals surface area (Å²) in [5, 5.41) is 3.18. The van der Waals surface area contributed by atoms with Crippen LogP contribution in [0.15, 0.2) is 4.99 Å². The van der Waals surface area contributed by atoms with Crippen molar-refractivity contribution in [1.82, 2.24) is 10.2 Å². The number of hydrogen-bond donors (Lipinski definition) is 2. The molecule has 5 heteroatoms. The molecule has 0 heterocycles. The lowest BCUT2D eigenvalue weighted by Crippen LogP contribution is -2.44. The van der Waals surface area contributed by atoms with Crippen molar-refractivity contribution in [1.29, 1.82) is 0 Å². The van der Waals surface area contributed by atoms with E-state index >= 15 is 0 Å². The molecule has 0 atom stereocenters. The molecule has 0 fully saturated rings. The van der Waals surface area contributed by atoms with Crippen molar-refractivity contribution in [3.8, 4) is 0 Å². The van der Waals surface area contributed by atoms with Gasteiger partial charge in [0.1, 0.15) is 0 Å². The summed E-state index contributed by atoms with van der Waals surface area (Å²) in [6.45, 7) is 15.9. The fourth-order valence-corrected chi connectivity index (χ4v) is 1.92. The van der Waals surface area contributed by atoms with Gasteiger partial charge in [0.25, 0.3) is 0 Å². The van der Waals surface area contributed by atoms with E-state index in [4.69, 9.17) is 5.73 Å². The summed E-state index contributed by atoms with van der Waals surface area (Å²) < 4.78 is 0. The van der Waals surface area contributed by atoms with Gasteiger partial charge in [-0.05, 0) is 40.0 Å². The number of aliphatic imine (C=N–C) groups is 1. The lowest BCUT2D eigenvalue weighted by Gasteiger charge is -2.30. The van der Waals surface area contributed by atoms with Gasteiger partial charge >= 0.3 is 0 Å². The molecule has 0 aromatic rings. The van der Waals surface area contributed by atoms with E-state index in [0.717, 1.165) is 26.1 Å². The van der Waals surface area contributed by atoms with Crippen molar-refractivity contribution in [3.63, 3.8) is 0 Å². The summed E-state index contributed by atoms with van der Waals surface area (Å²) >= 11 is 0. The summed E-state index contributed by atoms with van der Waals surface area (Å²) in [6, 6.07) is 1.12. The minimum atomic E-state index is 0. The van der Waals surface area contributed by atoms with Crippen LogP contribution in [0.1, 0.15) is 48.0 Å². The zero-order valence-electron chi connectivity index (χ0n) is 13.4. The molecule has 4 nitrogen and oxygen atoms in total. The fourth-order valence-electron chi connectivity index (χ4n) is 1.92. The molecule has 0 saturated heterocycles. The average Bonchev–Trinajstić information content (AvgIpc) is 2.22. The van der Waals surface area contributed by atoms with Crippen LogP contribution < -0.4 is 11.1 Å². The Morgan fingerprint density at radius 2 is 1.63 bits per heavy atom. The number of hydrogen-bond acceptors (Lipinski definition) is 2. The molecule has 0 spiro atoms. The molecular weight excluding hydrogens is 351 g/mol. The molecular formula is C14H33IN4. The molecule has 0 radical (unpaired) electrons. The van der Waals surface area contributed by atoms with E-state index in [-0.39, 0.29) is 24.0 Å². The largest absolute Gasteiger partial charge is 0.370 e. The van der Waals surface area contributed by atoms with Crippen LogP contribution in [0, 0.1) is 5.92 Å². The Morgan fingerprint density at radius 1 is 1.11 bits per heavy atom. The number of guanidine groups is 1. The zero-order chi connectivity index (χ0) is 14.1. The van der Waals surface area contributed by atoms with Crippen LogP contribution in [0.3, 0.4) is 0 Å². The molecule has 0 amide bonds. The van der Waals surface area contributed by atoms with Crippen LogP contribution in [-0.4, -0.2) is 42.6 Å². The molecule has 3 N–H and O–H groups in total. The molecule has 0 aliphatic carbocycles. The van der Waals surface area contributed by atoms with E-state index in [2.05, 4.69) is 56.8 Å². The topological polar surface area (TPSA) is 53.6 Å². The second-order valence-corrected chi connectivity index (χ2v) is 5.80. The number of halogens is 1. The zero-order valence-corrected chi connectivity index (χ0v) is 15.8. The first-order valence-electron chi connectivity index (χ1n) is 7.14. The summed E-state index contributed by atoms with van der Waals surface area (Å²) in [5.74, 6) is 1.25. The Kier molecular flexibility index (Phi) is 13.2. The first-order valence-corrected chi connectivity index (χ1v) is 7.14. The highest BCUT2D eigenvalue weighted by molar-refractivity contribution is 14.0. The van der Waals surface area contributed by atoms with Gasteiger partial charge in [-0.15, -0.1) is 24.0 Å². The normalized spacial score (nSPS) is 12.4. The SMILES string of the molecule is CC(C)CCN=C(N)NCCN(C(C)C)C(C)C.I. The van der Waals surface area contributed by atoms with E-state index < -0.39 is 0 Å². The quantitative estimate of drug-likeness (QED) is 0.384. The molecule has 116 valence electrons. The maximum absolute atomic E-state index is 5.82. The lowest BCUT2D eigenvalue weighted by atomic mass is 10.1. The van der Waals surface area contributed by atoms with Gasteiger partial charge in [-0.2, -0.15) is 0 Å². The number of nitrogens with two attached hydrogens (primary N) is 1. The summed E-state index contributed by atoms with van der Waals surface area (Å²) in [6.07, 6.45) is 1.09. The first kappa shape index (κ1) is 21.3. The van der Waals surface area contributed by atoms with E-state index in [1.54, 1.807) is 0 Å². The third-order valence-electron chi connectivity index (χ3n) is 2.99. The highest BCUT2D eigenvalue weighted by Crippen LogP contribution is 2.03. The van der Waals surface area contributed by atoms with Crippen LogP contribution in [0.2, 0.25) is 0 Å². The molecule has 0 bridgehead atoms. The van der Waals surface area contributed by atoms with Crippen molar-refractivity contribution in [2.75, 3.05) is 19.6 Å². The lowest BCUT2D eigenvalue weighted by molar-refractivity contribution is 0.178. The number of nitrogens with one attached hydrogen (secondary N) is 1. The second kappa shape index (κ2) is 11.8. The number of nitrogens with zero attached hydrogens (tertiary/aromatic N) is 2. The predicted molar refractivity (Wildman–Crippen MR) is 96.3 cm³/mol. The summed E-state index contributed by atoms with van der Waals surface area (Å²) in [4.78, 5) is 6.75. The molecule has 19 heavy (non-hydrogen) atoms. The highest BCUT2D eigenvalue weighted by Gasteiger charge is 2.12. The average molecular weight is 384 g/mol. The van der Waals surface area contributed by atoms with Gasteiger partial charge in [0, 0.05) is 31.7 Å². The van der Waals surface area contributed by atoms with Gasteiger partial charge < -0.3 is 11.1 Å². The minimum absolute atomic E-state index is 0. The van der Waals surface area contributed by atoms with Crippen LogP contribution in [0.5, 0.6) is 0 Å². The van der Waals surface area contributed by atoms with Gasteiger partial charge in [0.2, 0.25) is 0 Å². The Morgan fingerprint density at radius 3 is 2.05 bits per heavy atom. The standard InChI is InChI=1S/C14H32N4.HI/c1-11(2)7-8-16-14(15)17-9-10-18(12(3)4)13(5)6;/h11-13H,7-10H2,1-6H3,(H3,15,16,17);1H. The summed E-state index contributed by atoms with van der Waals surface area (Å²) in [5.41, 5.74) is 5.82. The van der Waals surface area contributed by atoms with Gasteiger partial charge in [0.05, 0.1) is 0 Å². The Bertz CT molecular complexity index is 232. The van der Waals surface area contributed by atoms with Gasteiger partial charge in [-0.25, -0.2) is 0 Å². The van der Waals surface area contributed by atoms with Gasteiger partial charge in [-0.3, -0.25) is 9.89 Å². The first-order chi connectivity index (χ1) is 8.34. The van der Waals surface area contributed by atoms with E-state index in [1.165, 1.54) is 0 Å². The van der Waals surface area contributed by atoms with Crippen LogP contribution in [-0.2, 0) is 0 Å². The van der Waals surface area contributed by atoms with Crippen molar-refractivity contribution < 1.29 is 0 Å². The highest BCUT2D eigenvalue weighted by atomic mass is 127. The van der Waals surface area contributed by atoms with Crippen LogP contribution >= 0.6 is 24.0 Å². The Labute approximate surface area is 136 Å². The third-order valence-corrected chi connectivity index (χ3v) is 2.99. The van der Waals surface area contributed by atoms with Crippen molar-refractivity contribution in [2.45, 2.75) is 60.0 Å². The van der Waals surface area contributed by atoms with E-state index in [0.29, 0.717) is 24.0 Å². The minimum Gasteiger partial charge on any atom is -0.370 e. The Hall–Kier alpha value is -0.0400. The van der Waals surface area contributed by atoms with Crippen LogP contribution in [0.25, 0.3) is 0 Å². The van der Waals surface area contributed by atoms with E-state index in [1.807, 2.05) is 0 Å². The molecule has 0 aliphatic rings. The van der Waals surface area contributed by atoms with Gasteiger partial charge in [0.15, 0.2) is 5.96 Å². The number of rotatable bonds is 8. The second-order valence-electron chi connectivity index (χ2n) is 5.80. The smallest absolute Gasteiger partial charge is 0.188 e. The molecule has 0 aromatic heterocycles. The molecule has 0 unspecified atom stereocenters. The molecule has 0 aliphatic heterocycles. The van der Waals surface area contributed by atoms with Crippen molar-refractivity contribution in [3.05, 3.63) is 0 Å². The van der Waals surface area contributed by atoms with Gasteiger partial charge in [-0.1, -0.05) is 13.8 Å². The maximum Gasteiger partial charge on any atom is 0.188 e.